The first-order valence-electron chi connectivity index (χ1n) is 10.1. The van der Waals surface area contributed by atoms with Crippen LogP contribution in [0, 0.1) is 0 Å². The Bertz CT molecular complexity index is 1420. The lowest BCUT2D eigenvalue weighted by Crippen LogP contribution is -2.26. The summed E-state index contributed by atoms with van der Waals surface area (Å²) < 4.78 is 52.6. The first kappa shape index (κ1) is 22.7. The summed E-state index contributed by atoms with van der Waals surface area (Å²) in [5.41, 5.74) is 1.46. The quantitative estimate of drug-likeness (QED) is 0.499. The van der Waals surface area contributed by atoms with E-state index in [4.69, 9.17) is 0 Å². The van der Waals surface area contributed by atoms with Crippen LogP contribution >= 0.6 is 0 Å². The molecule has 0 saturated heterocycles. The van der Waals surface area contributed by atoms with E-state index in [1.807, 2.05) is 0 Å². The number of hydrogen-bond donors (Lipinski definition) is 2. The van der Waals surface area contributed by atoms with E-state index in [0.717, 1.165) is 0 Å². The van der Waals surface area contributed by atoms with Crippen molar-refractivity contribution in [2.45, 2.75) is 16.2 Å². The van der Waals surface area contributed by atoms with E-state index >= 15 is 0 Å². The van der Waals surface area contributed by atoms with E-state index in [0.29, 0.717) is 16.8 Å². The molecule has 1 amide bonds. The second kappa shape index (κ2) is 9.16. The maximum atomic E-state index is 12.4. The van der Waals surface area contributed by atoms with E-state index in [1.54, 1.807) is 72.8 Å². The molecule has 1 aliphatic heterocycles. The number of amides is 1. The normalized spacial score (nSPS) is 14.2. The molecule has 0 fully saturated rings. The molecule has 170 valence electrons. The number of benzene rings is 3. The maximum absolute atomic E-state index is 12.4. The van der Waals surface area contributed by atoms with Gasteiger partial charge in [0.1, 0.15) is 4.90 Å². The van der Waals surface area contributed by atoms with Crippen molar-refractivity contribution in [3.63, 3.8) is 0 Å². The highest BCUT2D eigenvalue weighted by molar-refractivity contribution is 7.91. The van der Waals surface area contributed by atoms with Gasteiger partial charge in [-0.25, -0.2) is 8.42 Å². The van der Waals surface area contributed by atoms with Gasteiger partial charge in [0.05, 0.1) is 10.6 Å². The summed E-state index contributed by atoms with van der Waals surface area (Å²) in [4.78, 5) is 12.8. The molecule has 1 aliphatic rings. The van der Waals surface area contributed by atoms with Crippen LogP contribution in [0.25, 0.3) is 0 Å². The van der Waals surface area contributed by atoms with E-state index in [2.05, 4.69) is 15.0 Å². The highest BCUT2D eigenvalue weighted by atomic mass is 32.2. The van der Waals surface area contributed by atoms with Gasteiger partial charge in [-0.1, -0.05) is 30.3 Å². The number of amidine groups is 1. The van der Waals surface area contributed by atoms with Crippen molar-refractivity contribution in [2.24, 2.45) is 4.40 Å². The van der Waals surface area contributed by atoms with Gasteiger partial charge in [-0.2, -0.15) is 8.42 Å². The monoisotopic (exact) mass is 483 g/mol. The zero-order valence-electron chi connectivity index (χ0n) is 17.4. The van der Waals surface area contributed by atoms with Gasteiger partial charge >= 0.3 is 0 Å². The Morgan fingerprint density at radius 1 is 0.879 bits per heavy atom. The Morgan fingerprint density at radius 2 is 1.55 bits per heavy atom. The zero-order chi connectivity index (χ0) is 23.5. The molecule has 3 aromatic carbocycles. The van der Waals surface area contributed by atoms with E-state index in [9.17, 15) is 21.6 Å². The molecule has 10 heteroatoms. The van der Waals surface area contributed by atoms with Crippen molar-refractivity contribution < 1.29 is 21.6 Å². The number of carbonyl (C=O) groups excluding carboxylic acids is 1. The van der Waals surface area contributed by atoms with Crippen LogP contribution in [0.1, 0.15) is 22.3 Å². The fraction of sp³-hybridized carbons (Fsp3) is 0.130. The average Bonchev–Trinajstić information content (AvgIpc) is 3.07. The molecule has 0 saturated carbocycles. The van der Waals surface area contributed by atoms with Gasteiger partial charge < -0.3 is 10.6 Å². The standard InChI is InChI=1S/C23H21N3O5S2/c27-23(24-15-6-16-32(28,29)19-7-2-1-3-8-19)17-11-13-18(14-12-17)25-22-20-9-4-5-10-21(20)33(30,31)26-22/h1-5,7-14H,6,15-16H2,(H,24,27)(H,25,26). The van der Waals surface area contributed by atoms with Crippen LogP contribution in [0.4, 0.5) is 5.69 Å². The van der Waals surface area contributed by atoms with Gasteiger partial charge in [0.25, 0.3) is 15.9 Å². The summed E-state index contributed by atoms with van der Waals surface area (Å²) in [6, 6.07) is 21.2. The third kappa shape index (κ3) is 5.12. The zero-order valence-corrected chi connectivity index (χ0v) is 19.1. The molecule has 33 heavy (non-hydrogen) atoms. The van der Waals surface area contributed by atoms with Crippen LogP contribution in [-0.4, -0.2) is 40.9 Å². The Hall–Kier alpha value is -3.50. The second-order valence-corrected chi connectivity index (χ2v) is 11.0. The number of rotatable bonds is 7. The van der Waals surface area contributed by atoms with Crippen LogP contribution in [0.2, 0.25) is 0 Å². The van der Waals surface area contributed by atoms with Gasteiger partial charge in [0, 0.05) is 23.4 Å². The van der Waals surface area contributed by atoms with Crippen LogP contribution in [0.5, 0.6) is 0 Å². The first-order chi connectivity index (χ1) is 15.8. The molecule has 0 unspecified atom stereocenters. The van der Waals surface area contributed by atoms with Gasteiger partial charge in [-0.05, 0) is 55.0 Å². The van der Waals surface area contributed by atoms with Crippen LogP contribution < -0.4 is 10.6 Å². The molecule has 0 radical (unpaired) electrons. The van der Waals surface area contributed by atoms with E-state index in [-0.39, 0.29) is 40.3 Å². The number of sulfonamides is 1. The molecule has 0 atom stereocenters. The Morgan fingerprint density at radius 3 is 2.27 bits per heavy atom. The topological polar surface area (TPSA) is 122 Å². The number of anilines is 1. The van der Waals surface area contributed by atoms with Crippen molar-refractivity contribution in [2.75, 3.05) is 17.6 Å². The average molecular weight is 484 g/mol. The number of hydrogen-bond acceptors (Lipinski definition) is 6. The lowest BCUT2D eigenvalue weighted by Gasteiger charge is -2.09. The molecule has 8 nitrogen and oxygen atoms in total. The fourth-order valence-corrected chi connectivity index (χ4v) is 5.86. The van der Waals surface area contributed by atoms with Gasteiger partial charge in [0.15, 0.2) is 15.7 Å². The van der Waals surface area contributed by atoms with Gasteiger partial charge in [0.2, 0.25) is 0 Å². The van der Waals surface area contributed by atoms with E-state index < -0.39 is 19.9 Å². The molecule has 0 spiro atoms. The number of nitrogens with zero attached hydrogens (tertiary/aromatic N) is 1. The number of carbonyl (C=O) groups is 1. The molecular formula is C23H21N3O5S2. The SMILES string of the molecule is O=C(NCCCS(=O)(=O)c1ccccc1)c1ccc(NC2=NS(=O)(=O)c3ccccc32)cc1. The molecule has 2 N–H and O–H groups in total. The minimum absolute atomic E-state index is 0.0629. The third-order valence-corrected chi connectivity index (χ3v) is 8.17. The molecule has 4 rings (SSSR count). The predicted molar refractivity (Wildman–Crippen MR) is 126 cm³/mol. The highest BCUT2D eigenvalue weighted by Gasteiger charge is 2.28. The van der Waals surface area contributed by atoms with Crippen molar-refractivity contribution in [1.82, 2.24) is 5.32 Å². The molecule has 0 aromatic heterocycles. The molecular weight excluding hydrogens is 462 g/mol. The number of fused-ring (bicyclic) bond motifs is 1. The van der Waals surface area contributed by atoms with E-state index in [1.165, 1.54) is 6.07 Å². The summed E-state index contributed by atoms with van der Waals surface area (Å²) in [6.45, 7) is 0.219. The minimum Gasteiger partial charge on any atom is -0.352 e. The van der Waals surface area contributed by atoms with Crippen molar-refractivity contribution in [3.8, 4) is 0 Å². The van der Waals surface area contributed by atoms with Crippen LogP contribution in [-0.2, 0) is 19.9 Å². The summed E-state index contributed by atoms with van der Waals surface area (Å²) in [5.74, 6) is -0.167. The number of nitrogens with one attached hydrogen (secondary N) is 2. The lowest BCUT2D eigenvalue weighted by molar-refractivity contribution is 0.0953. The first-order valence-corrected chi connectivity index (χ1v) is 13.2. The summed E-state index contributed by atoms with van der Waals surface area (Å²) in [5, 5.41) is 5.69. The lowest BCUT2D eigenvalue weighted by atomic mass is 10.1. The van der Waals surface area contributed by atoms with Crippen LogP contribution in [0.15, 0.2) is 93.1 Å². The molecule has 0 bridgehead atoms. The smallest absolute Gasteiger partial charge is 0.285 e. The summed E-state index contributed by atoms with van der Waals surface area (Å²) in [6.07, 6.45) is 0.288. The summed E-state index contributed by atoms with van der Waals surface area (Å²) in [7, 11) is -7.10. The largest absolute Gasteiger partial charge is 0.352 e. The molecule has 1 heterocycles. The minimum atomic E-state index is -3.72. The van der Waals surface area contributed by atoms with Crippen molar-refractivity contribution >= 4 is 37.3 Å². The Kier molecular flexibility index (Phi) is 6.30. The Balaban J connectivity index is 1.32. The Labute approximate surface area is 192 Å². The molecule has 3 aromatic rings. The molecule has 0 aliphatic carbocycles. The third-order valence-electron chi connectivity index (χ3n) is 5.02. The van der Waals surface area contributed by atoms with Gasteiger partial charge in [-0.3, -0.25) is 4.79 Å². The summed E-state index contributed by atoms with van der Waals surface area (Å²) >= 11 is 0. The maximum Gasteiger partial charge on any atom is 0.285 e. The fourth-order valence-electron chi connectivity index (χ4n) is 3.35. The van der Waals surface area contributed by atoms with Crippen molar-refractivity contribution in [1.29, 1.82) is 0 Å². The predicted octanol–water partition coefficient (Wildman–Crippen LogP) is 2.84. The van der Waals surface area contributed by atoms with Gasteiger partial charge in [-0.15, -0.1) is 4.40 Å². The highest BCUT2D eigenvalue weighted by Crippen LogP contribution is 2.26. The van der Waals surface area contributed by atoms with Crippen molar-refractivity contribution in [3.05, 3.63) is 90.0 Å². The second-order valence-electron chi connectivity index (χ2n) is 7.35. The van der Waals surface area contributed by atoms with Crippen LogP contribution in [0.3, 0.4) is 0 Å². The number of sulfone groups is 1.